The molecule has 8 aromatic rings. The lowest BCUT2D eigenvalue weighted by Crippen LogP contribution is -2.03. The van der Waals surface area contributed by atoms with Gasteiger partial charge in [-0.05, 0) is 95.4 Å². The van der Waals surface area contributed by atoms with Crippen LogP contribution in [-0.2, 0) is 12.3 Å². The molecule has 0 saturated carbocycles. The lowest BCUT2D eigenvalue weighted by atomic mass is 9.97. The van der Waals surface area contributed by atoms with Crippen molar-refractivity contribution in [3.63, 3.8) is 0 Å². The van der Waals surface area contributed by atoms with Crippen LogP contribution in [0.25, 0.3) is 60.4 Å². The molecule has 3 heterocycles. The van der Waals surface area contributed by atoms with E-state index in [1.807, 2.05) is 23.9 Å². The molecule has 3 nitrogen and oxygen atoms in total. The van der Waals surface area contributed by atoms with Crippen LogP contribution in [0.5, 0.6) is 0 Å². The predicted octanol–water partition coefficient (Wildman–Crippen LogP) is 10.4. The van der Waals surface area contributed by atoms with E-state index < -0.39 is 0 Å². The van der Waals surface area contributed by atoms with Crippen molar-refractivity contribution in [2.45, 2.75) is 24.1 Å². The highest BCUT2D eigenvalue weighted by Gasteiger charge is 2.20. The minimum Gasteiger partial charge on any atom is -0.336 e. The highest BCUT2D eigenvalue weighted by Crippen LogP contribution is 2.44. The molecule has 2 aromatic heterocycles. The summed E-state index contributed by atoms with van der Waals surface area (Å²) in [5.41, 5.74) is 13.2. The second-order valence-electron chi connectivity index (χ2n) is 11.8. The van der Waals surface area contributed by atoms with Gasteiger partial charge in [-0.1, -0.05) is 60.7 Å². The van der Waals surface area contributed by atoms with E-state index in [0.717, 1.165) is 39.8 Å². The number of fused-ring (bicyclic) bond motifs is 9. The summed E-state index contributed by atoms with van der Waals surface area (Å²) in [6.07, 6.45) is 0. The maximum atomic E-state index is 9.58. The van der Waals surface area contributed by atoms with E-state index in [2.05, 4.69) is 131 Å². The molecule has 1 aliphatic heterocycles. The molecule has 0 unspecified atom stereocenters. The monoisotopic (exact) mass is 581 g/mol. The van der Waals surface area contributed by atoms with Gasteiger partial charge in [-0.25, -0.2) is 0 Å². The Balaban J connectivity index is 1.20. The van der Waals surface area contributed by atoms with Crippen LogP contribution in [0.4, 0.5) is 0 Å². The van der Waals surface area contributed by atoms with E-state index >= 15 is 0 Å². The van der Waals surface area contributed by atoms with Crippen molar-refractivity contribution in [1.29, 1.82) is 5.26 Å². The zero-order valence-corrected chi connectivity index (χ0v) is 25.0. The van der Waals surface area contributed by atoms with Gasteiger partial charge in [0.15, 0.2) is 0 Å². The van der Waals surface area contributed by atoms with Gasteiger partial charge in [0.25, 0.3) is 0 Å². The summed E-state index contributed by atoms with van der Waals surface area (Å²) in [7, 11) is 0. The highest BCUT2D eigenvalue weighted by molar-refractivity contribution is 7.98. The Kier molecular flexibility index (Phi) is 5.54. The van der Waals surface area contributed by atoms with Crippen molar-refractivity contribution in [2.75, 3.05) is 0 Å². The van der Waals surface area contributed by atoms with Gasteiger partial charge < -0.3 is 9.13 Å². The zero-order chi connectivity index (χ0) is 29.4. The van der Waals surface area contributed by atoms with Crippen LogP contribution in [0.3, 0.4) is 0 Å². The fraction of sp³-hybridized carbons (Fsp3) is 0.0750. The summed E-state index contributed by atoms with van der Waals surface area (Å²) < 4.78 is 4.82. The molecule has 0 radical (unpaired) electrons. The van der Waals surface area contributed by atoms with Gasteiger partial charge >= 0.3 is 0 Å². The first-order valence-corrected chi connectivity index (χ1v) is 16.0. The second kappa shape index (κ2) is 9.64. The van der Waals surface area contributed by atoms with Crippen molar-refractivity contribution in [1.82, 2.24) is 9.13 Å². The molecule has 0 amide bonds. The van der Waals surface area contributed by atoms with Gasteiger partial charge in [0.05, 0.1) is 22.7 Å². The smallest absolute Gasteiger partial charge is 0.0991 e. The topological polar surface area (TPSA) is 33.6 Å². The van der Waals surface area contributed by atoms with Crippen LogP contribution in [0, 0.1) is 18.3 Å². The molecule has 0 N–H and O–H groups in total. The Labute approximate surface area is 259 Å². The molecule has 0 bridgehead atoms. The lowest BCUT2D eigenvalue weighted by molar-refractivity contribution is 0.867. The van der Waals surface area contributed by atoms with Crippen LogP contribution in [0.1, 0.15) is 22.3 Å². The molecular weight excluding hydrogens is 555 g/mol. The van der Waals surface area contributed by atoms with Gasteiger partial charge in [-0.3, -0.25) is 0 Å². The molecule has 1 aliphatic rings. The molecule has 0 spiro atoms. The first kappa shape index (κ1) is 25.3. The fourth-order valence-corrected chi connectivity index (χ4v) is 8.13. The van der Waals surface area contributed by atoms with Crippen LogP contribution in [-0.4, -0.2) is 9.13 Å². The number of thioether (sulfide) groups is 1. The summed E-state index contributed by atoms with van der Waals surface area (Å²) in [6.45, 7) is 2.99. The standard InChI is InChI=1S/C40H27N3S/c1-25-10-15-32-30-6-2-4-8-36(30)42(39(32)18-25)23-27-12-17-40-35(20-27)33-21-29(14-13-28(33)24-44-40)43-37-9-5-3-7-31(37)34-19-26(22-41)11-16-38(34)43/h2-21H,23-24H2,1H3. The number of aryl methyl sites for hydroxylation is 1. The number of para-hydroxylation sites is 2. The average molecular weight is 582 g/mol. The van der Waals surface area contributed by atoms with Crippen molar-refractivity contribution in [2.24, 2.45) is 0 Å². The maximum Gasteiger partial charge on any atom is 0.0991 e. The molecule has 9 rings (SSSR count). The van der Waals surface area contributed by atoms with Gasteiger partial charge in [0.1, 0.15) is 0 Å². The number of rotatable bonds is 3. The minimum absolute atomic E-state index is 0.683. The molecule has 4 heteroatoms. The molecule has 0 atom stereocenters. The summed E-state index contributed by atoms with van der Waals surface area (Å²) in [4.78, 5) is 1.33. The van der Waals surface area contributed by atoms with E-state index in [1.165, 1.54) is 54.5 Å². The number of nitriles is 1. The predicted molar refractivity (Wildman–Crippen MR) is 184 cm³/mol. The largest absolute Gasteiger partial charge is 0.336 e. The number of hydrogen-bond acceptors (Lipinski definition) is 2. The van der Waals surface area contributed by atoms with E-state index in [-0.39, 0.29) is 0 Å². The summed E-state index contributed by atoms with van der Waals surface area (Å²) in [6, 6.07) is 46.3. The fourth-order valence-electron chi connectivity index (χ4n) is 7.08. The van der Waals surface area contributed by atoms with E-state index in [4.69, 9.17) is 0 Å². The average Bonchev–Trinajstić information content (AvgIpc) is 3.56. The van der Waals surface area contributed by atoms with Gasteiger partial charge in [0, 0.05) is 55.5 Å². The summed E-state index contributed by atoms with van der Waals surface area (Å²) in [5, 5.41) is 14.5. The number of nitrogens with zero attached hydrogens (tertiary/aromatic N) is 3. The molecule has 6 aromatic carbocycles. The third-order valence-corrected chi connectivity index (χ3v) is 10.3. The van der Waals surface area contributed by atoms with Crippen molar-refractivity contribution >= 4 is 55.4 Å². The van der Waals surface area contributed by atoms with Crippen LogP contribution in [0.2, 0.25) is 0 Å². The van der Waals surface area contributed by atoms with Crippen LogP contribution in [0.15, 0.2) is 126 Å². The van der Waals surface area contributed by atoms with Gasteiger partial charge in [-0.15, -0.1) is 11.8 Å². The Morgan fingerprint density at radius 1 is 0.659 bits per heavy atom. The van der Waals surface area contributed by atoms with E-state index in [9.17, 15) is 5.26 Å². The Hall–Kier alpha value is -5.24. The van der Waals surface area contributed by atoms with Gasteiger partial charge in [-0.2, -0.15) is 5.26 Å². The van der Waals surface area contributed by atoms with Crippen molar-refractivity contribution in [3.8, 4) is 22.9 Å². The molecule has 208 valence electrons. The number of benzene rings is 6. The van der Waals surface area contributed by atoms with Crippen molar-refractivity contribution < 1.29 is 0 Å². The SMILES string of the molecule is Cc1ccc2c3ccccc3n(Cc3ccc4c(c3)-c3cc(-n5c6ccccc6c6cc(C#N)ccc65)ccc3CS4)c2c1. The first-order valence-electron chi connectivity index (χ1n) is 15.0. The first-order chi connectivity index (χ1) is 21.7. The van der Waals surface area contributed by atoms with E-state index in [0.29, 0.717) is 5.56 Å². The Morgan fingerprint density at radius 3 is 2.30 bits per heavy atom. The third kappa shape index (κ3) is 3.76. The normalized spacial score (nSPS) is 12.5. The number of hydrogen-bond donors (Lipinski definition) is 0. The maximum absolute atomic E-state index is 9.58. The van der Waals surface area contributed by atoms with Crippen LogP contribution >= 0.6 is 11.8 Å². The molecule has 0 saturated heterocycles. The van der Waals surface area contributed by atoms with Crippen LogP contribution < -0.4 is 0 Å². The van der Waals surface area contributed by atoms with Gasteiger partial charge in [0.2, 0.25) is 0 Å². The Bertz CT molecular complexity index is 2510. The summed E-state index contributed by atoms with van der Waals surface area (Å²) >= 11 is 1.92. The number of aromatic nitrogens is 2. The zero-order valence-electron chi connectivity index (χ0n) is 24.2. The Morgan fingerprint density at radius 2 is 1.43 bits per heavy atom. The molecule has 0 aliphatic carbocycles. The molecule has 0 fully saturated rings. The third-order valence-electron chi connectivity index (χ3n) is 9.14. The quantitative estimate of drug-likeness (QED) is 0.208. The summed E-state index contributed by atoms with van der Waals surface area (Å²) in [5.74, 6) is 0.965. The minimum atomic E-state index is 0.683. The molecule has 44 heavy (non-hydrogen) atoms. The molecular formula is C40H27N3S. The second-order valence-corrected chi connectivity index (χ2v) is 12.8. The lowest BCUT2D eigenvalue weighted by Gasteiger charge is -2.22. The van der Waals surface area contributed by atoms with Crippen molar-refractivity contribution in [3.05, 3.63) is 144 Å². The van der Waals surface area contributed by atoms with E-state index in [1.54, 1.807) is 0 Å². The highest BCUT2D eigenvalue weighted by atomic mass is 32.2.